The Bertz CT molecular complexity index is 1140. The summed E-state index contributed by atoms with van der Waals surface area (Å²) in [6.45, 7) is 13.3. The monoisotopic (exact) mass is 457 g/mol. The second-order valence-electron chi connectivity index (χ2n) is 10.2. The lowest BCUT2D eigenvalue weighted by Crippen LogP contribution is -2.36. The Hall–Kier alpha value is -2.75. The molecule has 32 heavy (non-hydrogen) atoms. The van der Waals surface area contributed by atoms with E-state index < -0.39 is 5.60 Å². The standard InChI is InChI=1S/C22H31N7O2S/c1-21(2,3)19-23-10-14(32-19)17-27-15-16(24-12-25-18(15)28(17)7)26-13-8-9-29(11-13)20(30)31-22(4,5)6/h10,12-13H,8-9,11H2,1-7H3,(H,24,25,26). The van der Waals surface area contributed by atoms with E-state index in [1.54, 1.807) is 22.6 Å². The fraction of sp³-hybridized carbons (Fsp3) is 0.591. The molecule has 1 unspecified atom stereocenters. The van der Waals surface area contributed by atoms with Crippen LogP contribution in [-0.4, -0.2) is 60.2 Å². The number of aryl methyl sites for hydroxylation is 1. The van der Waals surface area contributed by atoms with Gasteiger partial charge in [0.2, 0.25) is 0 Å². The summed E-state index contributed by atoms with van der Waals surface area (Å²) in [5.74, 6) is 1.49. The molecule has 3 aromatic heterocycles. The molecule has 3 aromatic rings. The molecule has 0 spiro atoms. The van der Waals surface area contributed by atoms with Crippen molar-refractivity contribution in [1.82, 2.24) is 29.4 Å². The number of nitrogens with zero attached hydrogens (tertiary/aromatic N) is 6. The van der Waals surface area contributed by atoms with Crippen molar-refractivity contribution in [2.75, 3.05) is 18.4 Å². The fourth-order valence-electron chi connectivity index (χ4n) is 3.61. The summed E-state index contributed by atoms with van der Waals surface area (Å²) in [7, 11) is 1.96. The van der Waals surface area contributed by atoms with E-state index in [-0.39, 0.29) is 17.6 Å². The molecule has 0 aliphatic carbocycles. The van der Waals surface area contributed by atoms with Gasteiger partial charge in [-0.3, -0.25) is 0 Å². The maximum atomic E-state index is 12.4. The van der Waals surface area contributed by atoms with Gasteiger partial charge >= 0.3 is 6.09 Å². The van der Waals surface area contributed by atoms with E-state index in [1.807, 2.05) is 38.6 Å². The van der Waals surface area contributed by atoms with Crippen LogP contribution in [0.4, 0.5) is 10.6 Å². The van der Waals surface area contributed by atoms with Crippen molar-refractivity contribution in [2.24, 2.45) is 7.05 Å². The van der Waals surface area contributed by atoms with Crippen molar-refractivity contribution in [1.29, 1.82) is 0 Å². The van der Waals surface area contributed by atoms with Gasteiger partial charge in [0.15, 0.2) is 22.8 Å². The molecule has 172 valence electrons. The summed E-state index contributed by atoms with van der Waals surface area (Å²) in [5.41, 5.74) is 0.953. The van der Waals surface area contributed by atoms with Crippen LogP contribution in [0.3, 0.4) is 0 Å². The molecular weight excluding hydrogens is 426 g/mol. The molecule has 4 rings (SSSR count). The van der Waals surface area contributed by atoms with Crippen LogP contribution in [-0.2, 0) is 17.2 Å². The number of anilines is 1. The van der Waals surface area contributed by atoms with Crippen LogP contribution in [0.2, 0.25) is 0 Å². The average Bonchev–Trinajstić information content (AvgIpc) is 3.39. The molecule has 0 radical (unpaired) electrons. The molecule has 0 saturated carbocycles. The highest BCUT2D eigenvalue weighted by atomic mass is 32.1. The second kappa shape index (κ2) is 7.99. The molecule has 1 aliphatic heterocycles. The number of amides is 1. The summed E-state index contributed by atoms with van der Waals surface area (Å²) >= 11 is 1.65. The highest BCUT2D eigenvalue weighted by molar-refractivity contribution is 7.15. The number of ether oxygens (including phenoxy) is 1. The minimum atomic E-state index is -0.505. The number of rotatable bonds is 3. The Kier molecular flexibility index (Phi) is 5.60. The number of hydrogen-bond acceptors (Lipinski definition) is 8. The van der Waals surface area contributed by atoms with E-state index in [1.165, 1.54) is 0 Å². The normalized spacial score (nSPS) is 17.2. The van der Waals surface area contributed by atoms with Gasteiger partial charge < -0.3 is 19.5 Å². The minimum Gasteiger partial charge on any atom is -0.444 e. The number of nitrogens with one attached hydrogen (secondary N) is 1. The number of likely N-dealkylation sites (tertiary alicyclic amines) is 1. The summed E-state index contributed by atoms with van der Waals surface area (Å²) in [6.07, 6.45) is 3.95. The van der Waals surface area contributed by atoms with Gasteiger partial charge in [0, 0.05) is 37.8 Å². The third-order valence-electron chi connectivity index (χ3n) is 5.20. The third-order valence-corrected chi connectivity index (χ3v) is 6.62. The van der Waals surface area contributed by atoms with Crippen molar-refractivity contribution in [3.63, 3.8) is 0 Å². The van der Waals surface area contributed by atoms with Crippen LogP contribution in [0, 0.1) is 0 Å². The summed E-state index contributed by atoms with van der Waals surface area (Å²) in [6, 6.07) is 0.0713. The molecule has 1 aliphatic rings. The highest BCUT2D eigenvalue weighted by Gasteiger charge is 2.30. The zero-order chi connectivity index (χ0) is 23.3. The quantitative estimate of drug-likeness (QED) is 0.629. The number of fused-ring (bicyclic) bond motifs is 1. The van der Waals surface area contributed by atoms with Gasteiger partial charge in [-0.1, -0.05) is 20.8 Å². The van der Waals surface area contributed by atoms with Crippen LogP contribution >= 0.6 is 11.3 Å². The van der Waals surface area contributed by atoms with Crippen molar-refractivity contribution < 1.29 is 9.53 Å². The largest absolute Gasteiger partial charge is 0.444 e. The summed E-state index contributed by atoms with van der Waals surface area (Å²) in [4.78, 5) is 33.5. The van der Waals surface area contributed by atoms with Crippen molar-refractivity contribution in [3.05, 3.63) is 17.5 Å². The molecule has 1 amide bonds. The Morgan fingerprint density at radius 2 is 1.94 bits per heavy atom. The minimum absolute atomic E-state index is 0.0114. The first-order chi connectivity index (χ1) is 14.9. The molecule has 9 nitrogen and oxygen atoms in total. The second-order valence-corrected chi connectivity index (χ2v) is 11.3. The van der Waals surface area contributed by atoms with Crippen LogP contribution in [0.15, 0.2) is 12.5 Å². The van der Waals surface area contributed by atoms with E-state index in [0.29, 0.717) is 24.4 Å². The lowest BCUT2D eigenvalue weighted by molar-refractivity contribution is 0.0293. The lowest BCUT2D eigenvalue weighted by atomic mass is 9.98. The first kappa shape index (κ1) is 22.4. The molecule has 0 bridgehead atoms. The van der Waals surface area contributed by atoms with Gasteiger partial charge in [-0.15, -0.1) is 11.3 Å². The smallest absolute Gasteiger partial charge is 0.410 e. The van der Waals surface area contributed by atoms with Gasteiger partial charge in [-0.2, -0.15) is 0 Å². The van der Waals surface area contributed by atoms with Gasteiger partial charge in [-0.05, 0) is 27.2 Å². The summed E-state index contributed by atoms with van der Waals surface area (Å²) in [5, 5.41) is 4.53. The Morgan fingerprint density at radius 3 is 2.59 bits per heavy atom. The number of imidazole rings is 1. The Morgan fingerprint density at radius 1 is 1.19 bits per heavy atom. The third kappa shape index (κ3) is 4.55. The maximum absolute atomic E-state index is 12.4. The number of aromatic nitrogens is 5. The molecule has 10 heteroatoms. The van der Waals surface area contributed by atoms with Gasteiger partial charge in [-0.25, -0.2) is 24.7 Å². The van der Waals surface area contributed by atoms with Crippen molar-refractivity contribution in [2.45, 2.75) is 65.0 Å². The molecule has 1 saturated heterocycles. The number of thiazole rings is 1. The fourth-order valence-corrected chi connectivity index (χ4v) is 4.61. The Balaban J connectivity index is 1.56. The first-order valence-electron chi connectivity index (χ1n) is 10.8. The summed E-state index contributed by atoms with van der Waals surface area (Å²) < 4.78 is 7.47. The van der Waals surface area contributed by atoms with Crippen molar-refractivity contribution in [3.8, 4) is 10.7 Å². The molecule has 1 atom stereocenters. The van der Waals surface area contributed by atoms with Crippen molar-refractivity contribution >= 4 is 34.4 Å². The van der Waals surface area contributed by atoms with Gasteiger partial charge in [0.05, 0.1) is 9.88 Å². The molecule has 4 heterocycles. The van der Waals surface area contributed by atoms with E-state index >= 15 is 0 Å². The van der Waals surface area contributed by atoms with Gasteiger partial charge in [0.25, 0.3) is 0 Å². The van der Waals surface area contributed by atoms with Crippen LogP contribution in [0.25, 0.3) is 21.9 Å². The molecule has 1 N–H and O–H groups in total. The highest BCUT2D eigenvalue weighted by Crippen LogP contribution is 2.34. The number of carbonyl (C=O) groups excluding carboxylic acids is 1. The average molecular weight is 458 g/mol. The van der Waals surface area contributed by atoms with E-state index in [0.717, 1.165) is 27.8 Å². The van der Waals surface area contributed by atoms with Crippen LogP contribution < -0.4 is 5.32 Å². The SMILES string of the molecule is Cn1c(-c2cnc(C(C)(C)C)s2)nc2c(NC3CCN(C(=O)OC(C)(C)C)C3)ncnc21. The Labute approximate surface area is 192 Å². The van der Waals surface area contributed by atoms with Crippen LogP contribution in [0.5, 0.6) is 0 Å². The van der Waals surface area contributed by atoms with E-state index in [4.69, 9.17) is 9.72 Å². The molecule has 1 fully saturated rings. The first-order valence-corrected chi connectivity index (χ1v) is 11.6. The van der Waals surface area contributed by atoms with Crippen LogP contribution in [0.1, 0.15) is 53.0 Å². The number of carbonyl (C=O) groups is 1. The maximum Gasteiger partial charge on any atom is 0.410 e. The van der Waals surface area contributed by atoms with E-state index in [2.05, 4.69) is 41.0 Å². The molecular formula is C22H31N7O2S. The predicted molar refractivity (Wildman–Crippen MR) is 126 cm³/mol. The predicted octanol–water partition coefficient (Wildman–Crippen LogP) is 4.21. The van der Waals surface area contributed by atoms with Gasteiger partial charge in [0.1, 0.15) is 11.9 Å². The zero-order valence-electron chi connectivity index (χ0n) is 19.8. The number of hydrogen-bond donors (Lipinski definition) is 1. The topological polar surface area (TPSA) is 98.1 Å². The molecule has 0 aromatic carbocycles. The lowest BCUT2D eigenvalue weighted by Gasteiger charge is -2.24. The zero-order valence-corrected chi connectivity index (χ0v) is 20.6. The van der Waals surface area contributed by atoms with E-state index in [9.17, 15) is 4.79 Å².